The monoisotopic (exact) mass is 330 g/mol. The van der Waals surface area contributed by atoms with Crippen LogP contribution in [0, 0.1) is 5.82 Å². The number of halogens is 1. The van der Waals surface area contributed by atoms with Gasteiger partial charge in [0, 0.05) is 31.9 Å². The second-order valence-electron chi connectivity index (χ2n) is 6.06. The van der Waals surface area contributed by atoms with Gasteiger partial charge in [0.15, 0.2) is 0 Å². The van der Waals surface area contributed by atoms with E-state index in [1.807, 2.05) is 7.05 Å². The molecular weight excluding hydrogens is 307 g/mol. The Hall–Kier alpha value is -2.21. The van der Waals surface area contributed by atoms with Gasteiger partial charge in [0.05, 0.1) is 0 Å². The first kappa shape index (κ1) is 16.6. The van der Waals surface area contributed by atoms with Crippen molar-refractivity contribution in [3.63, 3.8) is 0 Å². The maximum Gasteiger partial charge on any atom is 0.228 e. The van der Waals surface area contributed by atoms with Crippen LogP contribution in [0.2, 0.25) is 0 Å². The van der Waals surface area contributed by atoms with Gasteiger partial charge >= 0.3 is 0 Å². The summed E-state index contributed by atoms with van der Waals surface area (Å²) in [6.07, 6.45) is 4.15. The molecule has 1 aromatic heterocycles. The first-order valence-electron chi connectivity index (χ1n) is 8.37. The molecular formula is C18H23FN4O. The summed E-state index contributed by atoms with van der Waals surface area (Å²) in [4.78, 5) is 13.4. The van der Waals surface area contributed by atoms with Crippen molar-refractivity contribution in [1.82, 2.24) is 14.9 Å². The zero-order valence-corrected chi connectivity index (χ0v) is 14.2. The molecule has 1 aliphatic heterocycles. The van der Waals surface area contributed by atoms with Gasteiger partial charge in [0.25, 0.3) is 0 Å². The molecule has 1 saturated heterocycles. The lowest BCUT2D eigenvalue weighted by Gasteiger charge is -2.27. The van der Waals surface area contributed by atoms with Gasteiger partial charge in [-0.3, -0.25) is 4.90 Å². The lowest BCUT2D eigenvalue weighted by atomic mass is 10.2. The van der Waals surface area contributed by atoms with Crippen molar-refractivity contribution in [1.29, 1.82) is 0 Å². The molecule has 24 heavy (non-hydrogen) atoms. The molecule has 0 bridgehead atoms. The Kier molecular flexibility index (Phi) is 5.25. The Bertz CT molecular complexity index is 664. The van der Waals surface area contributed by atoms with Crippen LogP contribution in [0.5, 0.6) is 11.6 Å². The average molecular weight is 330 g/mol. The third-order valence-corrected chi connectivity index (χ3v) is 4.38. The fraction of sp³-hybridized carbons (Fsp3) is 0.444. The Morgan fingerprint density at radius 3 is 2.83 bits per heavy atom. The summed E-state index contributed by atoms with van der Waals surface area (Å²) in [5, 5.41) is 0. The van der Waals surface area contributed by atoms with Crippen LogP contribution >= 0.6 is 0 Å². The number of aromatic nitrogens is 2. The van der Waals surface area contributed by atoms with Gasteiger partial charge in [-0.15, -0.1) is 0 Å². The summed E-state index contributed by atoms with van der Waals surface area (Å²) in [5.41, 5.74) is 0. The van der Waals surface area contributed by atoms with Gasteiger partial charge in [-0.2, -0.15) is 4.98 Å². The lowest BCUT2D eigenvalue weighted by molar-refractivity contribution is 0.270. The summed E-state index contributed by atoms with van der Waals surface area (Å²) >= 11 is 0. The topological polar surface area (TPSA) is 41.5 Å². The standard InChI is InChI=1S/C18H23FN4O/c1-3-23-12-4-5-15(23)13-22(2)18-20-11-10-17(21-18)24-16-8-6-14(19)7-9-16/h6-11,15H,3-5,12-13H2,1-2H3. The third kappa shape index (κ3) is 4.00. The molecule has 0 spiro atoms. The quantitative estimate of drug-likeness (QED) is 0.813. The van der Waals surface area contributed by atoms with E-state index in [9.17, 15) is 4.39 Å². The molecule has 3 rings (SSSR count). The number of benzene rings is 1. The number of anilines is 1. The van der Waals surface area contributed by atoms with Crippen LogP contribution < -0.4 is 9.64 Å². The Labute approximate surface area is 142 Å². The summed E-state index contributed by atoms with van der Waals surface area (Å²) in [6, 6.07) is 8.14. The van der Waals surface area contributed by atoms with E-state index >= 15 is 0 Å². The van der Waals surface area contributed by atoms with Gasteiger partial charge in [0.2, 0.25) is 11.8 Å². The van der Waals surface area contributed by atoms with Crippen LogP contribution in [0.1, 0.15) is 19.8 Å². The highest BCUT2D eigenvalue weighted by Crippen LogP contribution is 2.22. The largest absolute Gasteiger partial charge is 0.439 e. The van der Waals surface area contributed by atoms with Gasteiger partial charge < -0.3 is 9.64 Å². The van der Waals surface area contributed by atoms with Crippen molar-refractivity contribution in [3.8, 4) is 11.6 Å². The SMILES string of the molecule is CCN1CCCC1CN(C)c1nccc(Oc2ccc(F)cc2)n1. The number of hydrogen-bond acceptors (Lipinski definition) is 5. The van der Waals surface area contributed by atoms with Gasteiger partial charge in [-0.25, -0.2) is 9.37 Å². The molecule has 0 amide bonds. The first-order chi connectivity index (χ1) is 11.7. The molecule has 0 aliphatic carbocycles. The second kappa shape index (κ2) is 7.57. The smallest absolute Gasteiger partial charge is 0.228 e. The maximum atomic E-state index is 13.0. The van der Waals surface area contributed by atoms with Crippen molar-refractivity contribution in [2.24, 2.45) is 0 Å². The van der Waals surface area contributed by atoms with Gasteiger partial charge in [-0.1, -0.05) is 6.92 Å². The van der Waals surface area contributed by atoms with Crippen LogP contribution in [-0.4, -0.2) is 47.6 Å². The van der Waals surface area contributed by atoms with Crippen LogP contribution in [0.15, 0.2) is 36.5 Å². The zero-order chi connectivity index (χ0) is 16.9. The predicted octanol–water partition coefficient (Wildman–Crippen LogP) is 3.33. The number of ether oxygens (including phenoxy) is 1. The average Bonchev–Trinajstić information content (AvgIpc) is 3.04. The van der Waals surface area contributed by atoms with Crippen molar-refractivity contribution < 1.29 is 9.13 Å². The lowest BCUT2D eigenvalue weighted by Crippen LogP contribution is -2.39. The van der Waals surface area contributed by atoms with Crippen molar-refractivity contribution in [2.45, 2.75) is 25.8 Å². The molecule has 2 aromatic rings. The van der Waals surface area contributed by atoms with E-state index in [-0.39, 0.29) is 5.82 Å². The predicted molar refractivity (Wildman–Crippen MR) is 92.0 cm³/mol. The molecule has 0 saturated carbocycles. The molecule has 6 heteroatoms. The molecule has 1 aliphatic rings. The maximum absolute atomic E-state index is 13.0. The van der Waals surface area contributed by atoms with Crippen LogP contribution in [0.4, 0.5) is 10.3 Å². The van der Waals surface area contributed by atoms with E-state index < -0.39 is 0 Å². The first-order valence-corrected chi connectivity index (χ1v) is 8.37. The summed E-state index contributed by atoms with van der Waals surface area (Å²) < 4.78 is 18.6. The number of likely N-dealkylation sites (tertiary alicyclic amines) is 1. The number of likely N-dealkylation sites (N-methyl/N-ethyl adjacent to an activating group) is 2. The summed E-state index contributed by atoms with van der Waals surface area (Å²) in [5.74, 6) is 1.36. The highest BCUT2D eigenvalue weighted by atomic mass is 19.1. The Morgan fingerprint density at radius 2 is 2.08 bits per heavy atom. The highest BCUT2D eigenvalue weighted by molar-refractivity contribution is 5.33. The van der Waals surface area contributed by atoms with E-state index in [0.29, 0.717) is 23.6 Å². The minimum absolute atomic E-state index is 0.289. The molecule has 5 nitrogen and oxygen atoms in total. The molecule has 1 atom stereocenters. The molecule has 0 radical (unpaired) electrons. The molecule has 1 fully saturated rings. The Morgan fingerprint density at radius 1 is 1.29 bits per heavy atom. The second-order valence-corrected chi connectivity index (χ2v) is 6.06. The molecule has 1 aromatic carbocycles. The fourth-order valence-corrected chi connectivity index (χ4v) is 3.11. The molecule has 2 heterocycles. The fourth-order valence-electron chi connectivity index (χ4n) is 3.11. The van der Waals surface area contributed by atoms with E-state index in [0.717, 1.165) is 13.1 Å². The minimum atomic E-state index is -0.289. The van der Waals surface area contributed by atoms with Crippen LogP contribution in [0.25, 0.3) is 0 Å². The number of hydrogen-bond donors (Lipinski definition) is 0. The highest BCUT2D eigenvalue weighted by Gasteiger charge is 2.24. The van der Waals surface area contributed by atoms with Crippen LogP contribution in [-0.2, 0) is 0 Å². The summed E-state index contributed by atoms with van der Waals surface area (Å²) in [7, 11) is 2.00. The normalized spacial score (nSPS) is 17.9. The minimum Gasteiger partial charge on any atom is -0.439 e. The summed E-state index contributed by atoms with van der Waals surface area (Å²) in [6.45, 7) is 5.34. The zero-order valence-electron chi connectivity index (χ0n) is 14.2. The van der Waals surface area contributed by atoms with Crippen molar-refractivity contribution >= 4 is 5.95 Å². The van der Waals surface area contributed by atoms with E-state index in [1.54, 1.807) is 24.4 Å². The molecule has 128 valence electrons. The van der Waals surface area contributed by atoms with Gasteiger partial charge in [-0.05, 0) is 50.2 Å². The van der Waals surface area contributed by atoms with Crippen molar-refractivity contribution in [3.05, 3.63) is 42.3 Å². The molecule has 0 N–H and O–H groups in total. The number of rotatable bonds is 6. The van der Waals surface area contributed by atoms with Crippen molar-refractivity contribution in [2.75, 3.05) is 31.6 Å². The van der Waals surface area contributed by atoms with E-state index in [1.165, 1.54) is 31.5 Å². The molecule has 1 unspecified atom stereocenters. The Balaban J connectivity index is 1.66. The van der Waals surface area contributed by atoms with E-state index in [2.05, 4.69) is 26.7 Å². The third-order valence-electron chi connectivity index (χ3n) is 4.38. The van der Waals surface area contributed by atoms with E-state index in [4.69, 9.17) is 4.74 Å². The van der Waals surface area contributed by atoms with Gasteiger partial charge in [0.1, 0.15) is 11.6 Å². The van der Waals surface area contributed by atoms with Crippen LogP contribution in [0.3, 0.4) is 0 Å². The number of nitrogens with zero attached hydrogens (tertiary/aromatic N) is 4.